The Balaban J connectivity index is 2.33. The molecule has 1 aromatic heterocycles. The fourth-order valence-electron chi connectivity index (χ4n) is 1.24. The Morgan fingerprint density at radius 1 is 1.20 bits per heavy atom. The van der Waals surface area contributed by atoms with Gasteiger partial charge in [-0.3, -0.25) is 5.10 Å². The number of benzene rings is 1. The largest absolute Gasteiger partial charge is 0.363 e. The molecule has 2 aromatic rings. The van der Waals surface area contributed by atoms with Crippen molar-refractivity contribution in [2.45, 2.75) is 6.29 Å². The third kappa shape index (κ3) is 2.18. The maximum Gasteiger partial charge on any atom is 0.195 e. The van der Waals surface area contributed by atoms with Gasteiger partial charge in [0.05, 0.1) is 11.4 Å². The zero-order chi connectivity index (χ0) is 10.8. The van der Waals surface area contributed by atoms with Crippen molar-refractivity contribution < 1.29 is 10.2 Å². The first-order chi connectivity index (χ1) is 7.16. The molecule has 15 heavy (non-hydrogen) atoms. The number of aromatic nitrogens is 2. The van der Waals surface area contributed by atoms with Crippen LogP contribution in [0, 0.1) is 0 Å². The summed E-state index contributed by atoms with van der Waals surface area (Å²) in [6, 6.07) is 8.70. The van der Waals surface area contributed by atoms with Crippen LogP contribution in [0.5, 0.6) is 0 Å². The molecule has 78 valence electrons. The molecule has 1 aromatic carbocycles. The van der Waals surface area contributed by atoms with Crippen LogP contribution in [0.15, 0.2) is 30.3 Å². The van der Waals surface area contributed by atoms with Gasteiger partial charge < -0.3 is 10.2 Å². The summed E-state index contributed by atoms with van der Waals surface area (Å²) in [4.78, 5) is 0. The summed E-state index contributed by atoms with van der Waals surface area (Å²) < 4.78 is 0. The van der Waals surface area contributed by atoms with Crippen LogP contribution in [-0.4, -0.2) is 20.4 Å². The van der Waals surface area contributed by atoms with Gasteiger partial charge in [0.2, 0.25) is 0 Å². The van der Waals surface area contributed by atoms with Crippen molar-refractivity contribution in [2.75, 3.05) is 0 Å². The molecule has 4 nitrogen and oxygen atoms in total. The second kappa shape index (κ2) is 4.02. The van der Waals surface area contributed by atoms with E-state index in [9.17, 15) is 0 Å². The second-order valence-electron chi connectivity index (χ2n) is 3.09. The molecular weight excluding hydrogens is 216 g/mol. The van der Waals surface area contributed by atoms with Crippen LogP contribution in [0.1, 0.15) is 12.0 Å². The lowest BCUT2D eigenvalue weighted by Crippen LogP contribution is -1.93. The summed E-state index contributed by atoms with van der Waals surface area (Å²) in [5, 5.41) is 24.9. The van der Waals surface area contributed by atoms with E-state index in [1.165, 1.54) is 0 Å². The highest BCUT2D eigenvalue weighted by Crippen LogP contribution is 2.21. The Kier molecular flexibility index (Phi) is 2.73. The molecule has 0 aliphatic carbocycles. The van der Waals surface area contributed by atoms with Crippen LogP contribution in [0.25, 0.3) is 11.3 Å². The SMILES string of the molecule is OC(O)c1cc(-c2ccc(Cl)cc2)n[nH]1. The highest BCUT2D eigenvalue weighted by molar-refractivity contribution is 6.30. The molecule has 0 amide bonds. The van der Waals surface area contributed by atoms with E-state index in [1.807, 2.05) is 12.1 Å². The van der Waals surface area contributed by atoms with Gasteiger partial charge >= 0.3 is 0 Å². The minimum absolute atomic E-state index is 0.264. The van der Waals surface area contributed by atoms with Gasteiger partial charge in [-0.1, -0.05) is 23.7 Å². The normalized spacial score (nSPS) is 10.9. The van der Waals surface area contributed by atoms with Crippen LogP contribution < -0.4 is 0 Å². The fraction of sp³-hybridized carbons (Fsp3) is 0.100. The predicted molar refractivity (Wildman–Crippen MR) is 56.2 cm³/mol. The lowest BCUT2D eigenvalue weighted by molar-refractivity contribution is -0.0458. The lowest BCUT2D eigenvalue weighted by atomic mass is 10.1. The van der Waals surface area contributed by atoms with E-state index < -0.39 is 6.29 Å². The van der Waals surface area contributed by atoms with E-state index >= 15 is 0 Å². The van der Waals surface area contributed by atoms with Gasteiger partial charge in [0.25, 0.3) is 0 Å². The number of aliphatic hydroxyl groups is 2. The molecule has 0 fully saturated rings. The topological polar surface area (TPSA) is 69.1 Å². The maximum atomic E-state index is 8.89. The van der Waals surface area contributed by atoms with Crippen LogP contribution in [0.2, 0.25) is 5.02 Å². The number of halogens is 1. The summed E-state index contributed by atoms with van der Waals surface area (Å²) in [6.07, 6.45) is -1.53. The van der Waals surface area contributed by atoms with Crippen LogP contribution >= 0.6 is 11.6 Å². The number of nitrogens with one attached hydrogen (secondary N) is 1. The van der Waals surface area contributed by atoms with Gasteiger partial charge in [-0.25, -0.2) is 0 Å². The molecular formula is C10H9ClN2O2. The minimum Gasteiger partial charge on any atom is -0.363 e. The first-order valence-corrected chi connectivity index (χ1v) is 4.72. The molecule has 0 radical (unpaired) electrons. The van der Waals surface area contributed by atoms with Crippen molar-refractivity contribution in [3.8, 4) is 11.3 Å². The first-order valence-electron chi connectivity index (χ1n) is 4.34. The zero-order valence-electron chi connectivity index (χ0n) is 7.68. The van der Waals surface area contributed by atoms with E-state index in [0.29, 0.717) is 10.7 Å². The Morgan fingerprint density at radius 3 is 2.40 bits per heavy atom. The van der Waals surface area contributed by atoms with Gasteiger partial charge in [0.1, 0.15) is 0 Å². The molecule has 5 heteroatoms. The number of nitrogens with zero attached hydrogens (tertiary/aromatic N) is 1. The van der Waals surface area contributed by atoms with E-state index in [0.717, 1.165) is 5.56 Å². The monoisotopic (exact) mass is 224 g/mol. The molecule has 2 rings (SSSR count). The molecule has 0 unspecified atom stereocenters. The highest BCUT2D eigenvalue weighted by atomic mass is 35.5. The molecule has 1 heterocycles. The average Bonchev–Trinajstić information content (AvgIpc) is 2.68. The summed E-state index contributed by atoms with van der Waals surface area (Å²) in [7, 11) is 0. The second-order valence-corrected chi connectivity index (χ2v) is 3.53. The zero-order valence-corrected chi connectivity index (χ0v) is 8.44. The van der Waals surface area contributed by atoms with Gasteiger partial charge in [-0.15, -0.1) is 0 Å². The Labute approximate surface area is 91.1 Å². The highest BCUT2D eigenvalue weighted by Gasteiger charge is 2.08. The van der Waals surface area contributed by atoms with Gasteiger partial charge in [-0.2, -0.15) is 5.10 Å². The van der Waals surface area contributed by atoms with E-state index in [2.05, 4.69) is 10.2 Å². The van der Waals surface area contributed by atoms with Crippen molar-refractivity contribution in [3.05, 3.63) is 41.0 Å². The minimum atomic E-state index is -1.53. The van der Waals surface area contributed by atoms with Crippen LogP contribution in [-0.2, 0) is 0 Å². The predicted octanol–water partition coefficient (Wildman–Crippen LogP) is 1.71. The Bertz CT molecular complexity index is 451. The van der Waals surface area contributed by atoms with Crippen molar-refractivity contribution in [1.29, 1.82) is 0 Å². The summed E-state index contributed by atoms with van der Waals surface area (Å²) in [6.45, 7) is 0. The van der Waals surface area contributed by atoms with E-state index in [4.69, 9.17) is 21.8 Å². The lowest BCUT2D eigenvalue weighted by Gasteiger charge is -1.96. The smallest absolute Gasteiger partial charge is 0.195 e. The molecule has 0 aliphatic rings. The third-order valence-corrected chi connectivity index (χ3v) is 2.27. The van der Waals surface area contributed by atoms with Crippen molar-refractivity contribution in [2.24, 2.45) is 0 Å². The number of hydrogen-bond donors (Lipinski definition) is 3. The molecule has 0 saturated carbocycles. The van der Waals surface area contributed by atoms with Crippen molar-refractivity contribution in [3.63, 3.8) is 0 Å². The van der Waals surface area contributed by atoms with Gasteiger partial charge in [-0.05, 0) is 18.2 Å². The molecule has 0 spiro atoms. The summed E-state index contributed by atoms with van der Waals surface area (Å²) in [5.74, 6) is 0. The Morgan fingerprint density at radius 2 is 1.87 bits per heavy atom. The number of H-pyrrole nitrogens is 1. The summed E-state index contributed by atoms with van der Waals surface area (Å²) >= 11 is 5.75. The Hall–Kier alpha value is -1.36. The number of hydrogen-bond acceptors (Lipinski definition) is 3. The number of aliphatic hydroxyl groups excluding tert-OH is 1. The maximum absolute atomic E-state index is 8.89. The van der Waals surface area contributed by atoms with Crippen LogP contribution in [0.4, 0.5) is 0 Å². The van der Waals surface area contributed by atoms with Crippen molar-refractivity contribution >= 4 is 11.6 Å². The fourth-order valence-corrected chi connectivity index (χ4v) is 1.36. The van der Waals surface area contributed by atoms with E-state index in [1.54, 1.807) is 18.2 Å². The molecule has 0 atom stereocenters. The molecule has 0 bridgehead atoms. The summed E-state index contributed by atoms with van der Waals surface area (Å²) in [5.41, 5.74) is 1.78. The van der Waals surface area contributed by atoms with Gasteiger partial charge in [0.15, 0.2) is 6.29 Å². The van der Waals surface area contributed by atoms with Crippen LogP contribution in [0.3, 0.4) is 0 Å². The third-order valence-electron chi connectivity index (χ3n) is 2.02. The first kappa shape index (κ1) is 10.2. The molecule has 0 saturated heterocycles. The van der Waals surface area contributed by atoms with Gasteiger partial charge in [0, 0.05) is 10.6 Å². The standard InChI is InChI=1S/C10H9ClN2O2/c11-7-3-1-6(2-4-7)8-5-9(10(14)15)13-12-8/h1-5,10,14-15H,(H,12,13). The molecule has 0 aliphatic heterocycles. The average molecular weight is 225 g/mol. The number of aromatic amines is 1. The molecule has 3 N–H and O–H groups in total. The van der Waals surface area contributed by atoms with E-state index in [-0.39, 0.29) is 5.69 Å². The number of rotatable bonds is 2. The van der Waals surface area contributed by atoms with Crippen molar-refractivity contribution in [1.82, 2.24) is 10.2 Å². The quantitative estimate of drug-likeness (QED) is 0.681.